The quantitative estimate of drug-likeness (QED) is 0.793. The van der Waals surface area contributed by atoms with Crippen LogP contribution in [-0.2, 0) is 21.7 Å². The Bertz CT molecular complexity index is 832. The molecule has 27 heavy (non-hydrogen) atoms. The smallest absolute Gasteiger partial charge is 0.325 e. The summed E-state index contributed by atoms with van der Waals surface area (Å²) in [5.74, 6) is -0.457. The molecule has 1 unspecified atom stereocenters. The average Bonchev–Trinajstić information content (AvgIpc) is 3.25. The number of benzene rings is 1. The monoisotopic (exact) mass is 369 g/mol. The van der Waals surface area contributed by atoms with Gasteiger partial charge in [-0.1, -0.05) is 30.3 Å². The number of rotatable bonds is 6. The normalized spacial score (nSPS) is 19.5. The molecular weight excluding hydrogens is 346 g/mol. The topological polar surface area (TPSA) is 82.9 Å². The van der Waals surface area contributed by atoms with Crippen LogP contribution in [0.25, 0.3) is 0 Å². The van der Waals surface area contributed by atoms with Gasteiger partial charge in [-0.3, -0.25) is 14.5 Å². The Morgan fingerprint density at radius 2 is 1.89 bits per heavy atom. The van der Waals surface area contributed by atoms with E-state index < -0.39 is 17.5 Å². The predicted molar refractivity (Wildman–Crippen MR) is 98.4 cm³/mol. The van der Waals surface area contributed by atoms with E-state index in [2.05, 4.69) is 5.32 Å². The maximum absolute atomic E-state index is 12.9. The second kappa shape index (κ2) is 7.26. The fourth-order valence-corrected chi connectivity index (χ4v) is 3.14. The highest BCUT2D eigenvalue weighted by Gasteiger charge is 2.51. The average molecular weight is 369 g/mol. The van der Waals surface area contributed by atoms with Crippen molar-refractivity contribution in [3.63, 3.8) is 0 Å². The Kier molecular flexibility index (Phi) is 5.03. The van der Waals surface area contributed by atoms with Crippen molar-refractivity contribution in [2.75, 3.05) is 6.54 Å². The van der Waals surface area contributed by atoms with Crippen molar-refractivity contribution in [2.24, 2.45) is 0 Å². The third kappa shape index (κ3) is 3.58. The van der Waals surface area contributed by atoms with Gasteiger partial charge in [0.1, 0.15) is 12.3 Å². The molecule has 1 aromatic carbocycles. The highest BCUT2D eigenvalue weighted by Crippen LogP contribution is 2.29. The number of nitrogens with zero attached hydrogens (tertiary/aromatic N) is 2. The van der Waals surface area contributed by atoms with E-state index in [0.717, 1.165) is 10.5 Å². The summed E-state index contributed by atoms with van der Waals surface area (Å²) in [5, 5.41) is 2.63. The summed E-state index contributed by atoms with van der Waals surface area (Å²) < 4.78 is 5.30. The Morgan fingerprint density at radius 1 is 1.19 bits per heavy atom. The highest BCUT2D eigenvalue weighted by atomic mass is 16.3. The van der Waals surface area contributed by atoms with Crippen LogP contribution in [-0.4, -0.2) is 40.2 Å². The van der Waals surface area contributed by atoms with Crippen LogP contribution < -0.4 is 5.32 Å². The van der Waals surface area contributed by atoms with E-state index in [-0.39, 0.29) is 18.5 Å². The molecule has 7 heteroatoms. The molecule has 1 atom stereocenters. The molecular formula is C20H23N3O4. The van der Waals surface area contributed by atoms with E-state index in [1.165, 1.54) is 6.26 Å². The molecule has 0 bridgehead atoms. The van der Waals surface area contributed by atoms with Gasteiger partial charge in [0.05, 0.1) is 6.26 Å². The van der Waals surface area contributed by atoms with Gasteiger partial charge in [-0.15, -0.1) is 0 Å². The van der Waals surface area contributed by atoms with Crippen molar-refractivity contribution < 1.29 is 18.8 Å². The summed E-state index contributed by atoms with van der Waals surface area (Å²) >= 11 is 0. The highest BCUT2D eigenvalue weighted by molar-refractivity contribution is 6.08. The van der Waals surface area contributed by atoms with Crippen LogP contribution in [0.2, 0.25) is 0 Å². The molecule has 1 aliphatic heterocycles. The summed E-state index contributed by atoms with van der Waals surface area (Å²) in [4.78, 5) is 40.7. The largest absolute Gasteiger partial charge is 0.466 e. The zero-order chi connectivity index (χ0) is 19.6. The van der Waals surface area contributed by atoms with E-state index in [1.807, 2.05) is 44.2 Å². The molecule has 0 saturated carbocycles. The lowest BCUT2D eigenvalue weighted by Crippen LogP contribution is -2.46. The van der Waals surface area contributed by atoms with Gasteiger partial charge in [0, 0.05) is 12.6 Å². The summed E-state index contributed by atoms with van der Waals surface area (Å²) in [6, 6.07) is 12.2. The van der Waals surface area contributed by atoms with E-state index in [0.29, 0.717) is 12.3 Å². The maximum Gasteiger partial charge on any atom is 0.325 e. The van der Waals surface area contributed by atoms with Crippen molar-refractivity contribution in [1.29, 1.82) is 0 Å². The number of nitrogens with one attached hydrogen (secondary N) is 1. The first-order chi connectivity index (χ1) is 12.8. The molecule has 1 N–H and O–H groups in total. The van der Waals surface area contributed by atoms with Gasteiger partial charge in [0.25, 0.3) is 5.91 Å². The van der Waals surface area contributed by atoms with Crippen LogP contribution in [0.1, 0.15) is 32.1 Å². The number of carbonyl (C=O) groups excluding carboxylic acids is 3. The molecule has 2 heterocycles. The molecule has 1 aliphatic rings. The molecule has 4 amide bonds. The third-order valence-electron chi connectivity index (χ3n) is 4.72. The molecule has 3 rings (SSSR count). The van der Waals surface area contributed by atoms with Gasteiger partial charge in [-0.25, -0.2) is 4.79 Å². The fraction of sp³-hybridized carbons (Fsp3) is 0.350. The van der Waals surface area contributed by atoms with Crippen LogP contribution in [0.15, 0.2) is 53.1 Å². The number of hydrogen-bond donors (Lipinski definition) is 1. The summed E-state index contributed by atoms with van der Waals surface area (Å²) in [6.45, 7) is 5.47. The SMILES string of the molecule is CC(C)N(Cc1ccccc1)C(=O)CN1C(=O)NC(C)(c2ccco2)C1=O. The zero-order valence-electron chi connectivity index (χ0n) is 15.6. The first-order valence-corrected chi connectivity index (χ1v) is 8.84. The van der Waals surface area contributed by atoms with Crippen molar-refractivity contribution >= 4 is 17.8 Å². The Hall–Kier alpha value is -3.09. The minimum absolute atomic E-state index is 0.0741. The Morgan fingerprint density at radius 3 is 2.48 bits per heavy atom. The molecule has 1 fully saturated rings. The van der Waals surface area contributed by atoms with Crippen molar-refractivity contribution in [3.05, 3.63) is 60.1 Å². The summed E-state index contributed by atoms with van der Waals surface area (Å²) in [7, 11) is 0. The van der Waals surface area contributed by atoms with Gasteiger partial charge < -0.3 is 14.6 Å². The molecule has 142 valence electrons. The third-order valence-corrected chi connectivity index (χ3v) is 4.72. The minimum atomic E-state index is -1.30. The van der Waals surface area contributed by atoms with Gasteiger partial charge >= 0.3 is 6.03 Å². The molecule has 2 aromatic rings. The number of amides is 4. The van der Waals surface area contributed by atoms with Crippen LogP contribution in [0.3, 0.4) is 0 Å². The lowest BCUT2D eigenvalue weighted by molar-refractivity contribution is -0.140. The van der Waals surface area contributed by atoms with E-state index in [9.17, 15) is 14.4 Å². The van der Waals surface area contributed by atoms with E-state index >= 15 is 0 Å². The van der Waals surface area contributed by atoms with Gasteiger partial charge in [-0.2, -0.15) is 0 Å². The predicted octanol–water partition coefficient (Wildman–Crippen LogP) is 2.48. The van der Waals surface area contributed by atoms with Crippen LogP contribution in [0, 0.1) is 0 Å². The lowest BCUT2D eigenvalue weighted by Gasteiger charge is -2.28. The molecule has 0 spiro atoms. The summed E-state index contributed by atoms with van der Waals surface area (Å²) in [5.41, 5.74) is -0.319. The first-order valence-electron chi connectivity index (χ1n) is 8.84. The van der Waals surface area contributed by atoms with Gasteiger partial charge in [-0.05, 0) is 38.5 Å². The van der Waals surface area contributed by atoms with Crippen molar-refractivity contribution in [3.8, 4) is 0 Å². The second-order valence-corrected chi connectivity index (χ2v) is 7.02. The van der Waals surface area contributed by atoms with Crippen LogP contribution in [0.5, 0.6) is 0 Å². The number of imide groups is 1. The second-order valence-electron chi connectivity index (χ2n) is 7.02. The number of urea groups is 1. The zero-order valence-corrected chi connectivity index (χ0v) is 15.6. The lowest BCUT2D eigenvalue weighted by atomic mass is 9.99. The van der Waals surface area contributed by atoms with Crippen molar-refractivity contribution in [2.45, 2.75) is 38.9 Å². The molecule has 0 radical (unpaired) electrons. The van der Waals surface area contributed by atoms with Crippen LogP contribution >= 0.6 is 0 Å². The number of hydrogen-bond acceptors (Lipinski definition) is 4. The number of carbonyl (C=O) groups is 3. The molecule has 1 aromatic heterocycles. The molecule has 1 saturated heterocycles. The Labute approximate surface area is 157 Å². The standard InChI is InChI=1S/C20H23N3O4/c1-14(2)22(12-15-8-5-4-6-9-15)17(24)13-23-18(25)20(3,21-19(23)26)16-10-7-11-27-16/h4-11,14H,12-13H2,1-3H3,(H,21,26). The number of furan rings is 1. The van der Waals surface area contributed by atoms with Crippen LogP contribution in [0.4, 0.5) is 4.79 Å². The van der Waals surface area contributed by atoms with E-state index in [4.69, 9.17) is 4.42 Å². The van der Waals surface area contributed by atoms with Gasteiger partial charge in [0.2, 0.25) is 5.91 Å². The van der Waals surface area contributed by atoms with Gasteiger partial charge in [0.15, 0.2) is 5.54 Å². The minimum Gasteiger partial charge on any atom is -0.466 e. The van der Waals surface area contributed by atoms with E-state index in [1.54, 1.807) is 24.0 Å². The first kappa shape index (κ1) is 18.7. The summed E-state index contributed by atoms with van der Waals surface area (Å²) in [6.07, 6.45) is 1.44. The molecule has 7 nitrogen and oxygen atoms in total. The van der Waals surface area contributed by atoms with Crippen molar-refractivity contribution in [1.82, 2.24) is 15.1 Å². The Balaban J connectivity index is 1.76. The molecule has 0 aliphatic carbocycles. The maximum atomic E-state index is 12.9. The fourth-order valence-electron chi connectivity index (χ4n) is 3.14.